The summed E-state index contributed by atoms with van der Waals surface area (Å²) in [6, 6.07) is 1.86. The number of hydrogen-bond donors (Lipinski definition) is 4. The van der Waals surface area contributed by atoms with Crippen LogP contribution in [0.1, 0.15) is 21.7 Å². The molecule has 0 saturated carbocycles. The largest absolute Gasteiger partial charge is 0.369 e. The van der Waals surface area contributed by atoms with Crippen LogP contribution in [0.4, 0.5) is 5.95 Å². The third-order valence-electron chi connectivity index (χ3n) is 2.82. The number of nitrogens with two attached hydrogens (primary N) is 1. The summed E-state index contributed by atoms with van der Waals surface area (Å²) in [4.78, 5) is 22.0. The van der Waals surface area contributed by atoms with Gasteiger partial charge in [-0.2, -0.15) is 0 Å². The Morgan fingerprint density at radius 2 is 2.11 bits per heavy atom. The fourth-order valence-corrected chi connectivity index (χ4v) is 3.03. The Labute approximate surface area is 125 Å². The molecule has 0 bridgehead atoms. The molecular formula is C11H9Br2N5O. The van der Waals surface area contributed by atoms with Crippen LogP contribution < -0.4 is 11.1 Å². The Balaban J connectivity index is 2.25. The molecule has 19 heavy (non-hydrogen) atoms. The van der Waals surface area contributed by atoms with Gasteiger partial charge >= 0.3 is 0 Å². The average Bonchev–Trinajstić information content (AvgIpc) is 2.91. The molecule has 2 aromatic heterocycles. The average molecular weight is 387 g/mol. The van der Waals surface area contributed by atoms with Crippen molar-refractivity contribution in [3.63, 3.8) is 0 Å². The van der Waals surface area contributed by atoms with Crippen molar-refractivity contribution in [1.29, 1.82) is 0 Å². The highest BCUT2D eigenvalue weighted by molar-refractivity contribution is 9.12. The maximum atomic E-state index is 12.0. The number of hydrogen-bond acceptors (Lipinski definition) is 3. The van der Waals surface area contributed by atoms with E-state index in [4.69, 9.17) is 5.73 Å². The summed E-state index contributed by atoms with van der Waals surface area (Å²) in [7, 11) is 0. The summed E-state index contributed by atoms with van der Waals surface area (Å²) < 4.78 is 1.59. The van der Waals surface area contributed by atoms with Gasteiger partial charge < -0.3 is 21.0 Å². The Hall–Kier alpha value is -1.54. The number of nitrogens with one attached hydrogen (secondary N) is 3. The smallest absolute Gasteiger partial charge is 0.268 e. The molecule has 2 aromatic rings. The molecule has 98 valence electrons. The van der Waals surface area contributed by atoms with Crippen molar-refractivity contribution in [2.45, 2.75) is 0 Å². The minimum atomic E-state index is -0.153. The third kappa shape index (κ3) is 2.10. The lowest BCUT2D eigenvalue weighted by atomic mass is 10.0. The highest BCUT2D eigenvalue weighted by Crippen LogP contribution is 2.34. The molecular weight excluding hydrogens is 378 g/mol. The van der Waals surface area contributed by atoms with Gasteiger partial charge in [-0.1, -0.05) is 15.9 Å². The van der Waals surface area contributed by atoms with E-state index in [9.17, 15) is 4.79 Å². The number of amides is 1. The second-order valence-corrected chi connectivity index (χ2v) is 5.86. The SMILES string of the molecule is Nc1ncc(C2=C(Br)CNC(=O)c3[nH]c(Br)cc32)[nH]1. The molecule has 1 aliphatic heterocycles. The van der Waals surface area contributed by atoms with Crippen molar-refractivity contribution in [2.75, 3.05) is 12.3 Å². The molecule has 0 fully saturated rings. The van der Waals surface area contributed by atoms with E-state index in [-0.39, 0.29) is 5.91 Å². The molecule has 6 nitrogen and oxygen atoms in total. The first-order chi connectivity index (χ1) is 9.06. The molecule has 5 N–H and O–H groups in total. The second kappa shape index (κ2) is 4.53. The van der Waals surface area contributed by atoms with Gasteiger partial charge in [0.1, 0.15) is 5.69 Å². The summed E-state index contributed by atoms with van der Waals surface area (Å²) in [6.45, 7) is 0.410. The number of anilines is 1. The van der Waals surface area contributed by atoms with Crippen LogP contribution >= 0.6 is 31.9 Å². The number of imidazole rings is 1. The van der Waals surface area contributed by atoms with Crippen LogP contribution in [0.5, 0.6) is 0 Å². The van der Waals surface area contributed by atoms with Crippen molar-refractivity contribution in [1.82, 2.24) is 20.3 Å². The number of nitrogens with zero attached hydrogens (tertiary/aromatic N) is 1. The van der Waals surface area contributed by atoms with Crippen molar-refractivity contribution in [3.05, 3.63) is 38.3 Å². The fourth-order valence-electron chi connectivity index (χ4n) is 2.03. The molecule has 3 rings (SSSR count). The van der Waals surface area contributed by atoms with Gasteiger partial charge in [0, 0.05) is 15.6 Å². The summed E-state index contributed by atoms with van der Waals surface area (Å²) in [5.74, 6) is 0.183. The van der Waals surface area contributed by atoms with E-state index in [0.29, 0.717) is 18.2 Å². The van der Waals surface area contributed by atoms with E-state index in [1.807, 2.05) is 6.07 Å². The van der Waals surface area contributed by atoms with Crippen LogP contribution in [0.15, 0.2) is 21.3 Å². The molecule has 0 radical (unpaired) electrons. The Bertz CT molecular complexity index is 700. The van der Waals surface area contributed by atoms with Gasteiger partial charge in [-0.05, 0) is 22.0 Å². The van der Waals surface area contributed by atoms with Crippen molar-refractivity contribution in [3.8, 4) is 0 Å². The first-order valence-electron chi connectivity index (χ1n) is 5.43. The minimum Gasteiger partial charge on any atom is -0.369 e. The molecule has 3 heterocycles. The van der Waals surface area contributed by atoms with E-state index in [1.54, 1.807) is 6.20 Å². The highest BCUT2D eigenvalue weighted by Gasteiger charge is 2.25. The molecule has 8 heteroatoms. The number of fused-ring (bicyclic) bond motifs is 1. The first-order valence-corrected chi connectivity index (χ1v) is 7.01. The Morgan fingerprint density at radius 1 is 1.32 bits per heavy atom. The zero-order chi connectivity index (χ0) is 13.6. The topological polar surface area (TPSA) is 99.6 Å². The van der Waals surface area contributed by atoms with Crippen LogP contribution in [0, 0.1) is 0 Å². The van der Waals surface area contributed by atoms with E-state index in [1.165, 1.54) is 0 Å². The molecule has 1 aliphatic rings. The lowest BCUT2D eigenvalue weighted by molar-refractivity contribution is 0.0954. The number of nitrogen functional groups attached to an aromatic ring is 1. The van der Waals surface area contributed by atoms with Crippen LogP contribution in [-0.2, 0) is 0 Å². The highest BCUT2D eigenvalue weighted by atomic mass is 79.9. The number of carbonyl (C=O) groups is 1. The zero-order valence-electron chi connectivity index (χ0n) is 9.55. The standard InChI is InChI=1S/C11H9Br2N5O/c12-5-2-15-10(19)9-4(1-7(13)18-9)8(5)6-3-16-11(14)17-6/h1,3,18H,2H2,(H,15,19)(H3,14,16,17). The molecule has 0 aliphatic carbocycles. The van der Waals surface area contributed by atoms with Gasteiger partial charge in [-0.25, -0.2) is 4.98 Å². The first kappa shape index (κ1) is 12.5. The third-order valence-corrected chi connectivity index (χ3v) is 3.93. The van der Waals surface area contributed by atoms with Crippen LogP contribution in [0.3, 0.4) is 0 Å². The molecule has 0 aromatic carbocycles. The molecule has 0 spiro atoms. The van der Waals surface area contributed by atoms with Gasteiger partial charge in [0.2, 0.25) is 0 Å². The second-order valence-electron chi connectivity index (χ2n) is 4.05. The quantitative estimate of drug-likeness (QED) is 0.602. The summed E-state index contributed by atoms with van der Waals surface area (Å²) in [5.41, 5.74) is 8.53. The Morgan fingerprint density at radius 3 is 2.79 bits per heavy atom. The van der Waals surface area contributed by atoms with E-state index >= 15 is 0 Å². The normalized spacial score (nSPS) is 15.2. The van der Waals surface area contributed by atoms with Crippen LogP contribution in [0.2, 0.25) is 0 Å². The van der Waals surface area contributed by atoms with Crippen molar-refractivity contribution < 1.29 is 4.79 Å². The number of aromatic nitrogens is 3. The predicted octanol–water partition coefficient (Wildman–Crippen LogP) is 1.98. The van der Waals surface area contributed by atoms with Gasteiger partial charge in [0.25, 0.3) is 5.91 Å². The lowest BCUT2D eigenvalue weighted by Crippen LogP contribution is -2.23. The maximum absolute atomic E-state index is 12.0. The van der Waals surface area contributed by atoms with Crippen molar-refractivity contribution in [2.24, 2.45) is 0 Å². The summed E-state index contributed by atoms with van der Waals surface area (Å²) >= 11 is 6.85. The number of carbonyl (C=O) groups excluding carboxylic acids is 1. The zero-order valence-corrected chi connectivity index (χ0v) is 12.7. The molecule has 0 unspecified atom stereocenters. The number of halogens is 2. The van der Waals surface area contributed by atoms with Crippen LogP contribution in [0.25, 0.3) is 5.57 Å². The number of rotatable bonds is 1. The van der Waals surface area contributed by atoms with E-state index in [2.05, 4.69) is 52.1 Å². The molecule has 0 atom stereocenters. The fraction of sp³-hybridized carbons (Fsp3) is 0.0909. The van der Waals surface area contributed by atoms with Crippen LogP contribution in [-0.4, -0.2) is 27.4 Å². The van der Waals surface area contributed by atoms with Crippen molar-refractivity contribution >= 4 is 49.3 Å². The Kier molecular flexibility index (Phi) is 2.98. The number of aromatic amines is 2. The van der Waals surface area contributed by atoms with E-state index in [0.717, 1.165) is 25.9 Å². The maximum Gasteiger partial charge on any atom is 0.268 e. The van der Waals surface area contributed by atoms with Gasteiger partial charge in [-0.3, -0.25) is 4.79 Å². The summed E-state index contributed by atoms with van der Waals surface area (Å²) in [6.07, 6.45) is 1.65. The lowest BCUT2D eigenvalue weighted by Gasteiger charge is -2.05. The predicted molar refractivity (Wildman–Crippen MR) is 78.8 cm³/mol. The van der Waals surface area contributed by atoms with Gasteiger partial charge in [-0.15, -0.1) is 0 Å². The number of H-pyrrole nitrogens is 2. The van der Waals surface area contributed by atoms with Gasteiger partial charge in [0.15, 0.2) is 5.95 Å². The molecule has 1 amide bonds. The summed E-state index contributed by atoms with van der Waals surface area (Å²) in [5, 5.41) is 2.81. The monoisotopic (exact) mass is 385 g/mol. The van der Waals surface area contributed by atoms with E-state index < -0.39 is 0 Å². The molecule has 0 saturated heterocycles. The minimum absolute atomic E-state index is 0.153. The van der Waals surface area contributed by atoms with Gasteiger partial charge in [0.05, 0.1) is 23.0 Å².